The number of benzene rings is 1. The van der Waals surface area contributed by atoms with E-state index in [-0.39, 0.29) is 6.03 Å². The summed E-state index contributed by atoms with van der Waals surface area (Å²) in [6.07, 6.45) is 4.49. The predicted molar refractivity (Wildman–Crippen MR) is 94.5 cm³/mol. The highest BCUT2D eigenvalue weighted by atomic mass is 16.5. The van der Waals surface area contributed by atoms with Crippen LogP contribution in [0.1, 0.15) is 36.5 Å². The number of hydrogen-bond acceptors (Lipinski definition) is 4. The van der Waals surface area contributed by atoms with Crippen molar-refractivity contribution in [2.24, 2.45) is 0 Å². The Morgan fingerprint density at radius 3 is 3.04 bits per heavy atom. The molecule has 0 fully saturated rings. The maximum Gasteiger partial charge on any atom is 0.315 e. The summed E-state index contributed by atoms with van der Waals surface area (Å²) in [4.78, 5) is 11.9. The first kappa shape index (κ1) is 17.3. The monoisotopic (exact) mass is 343 g/mol. The van der Waals surface area contributed by atoms with E-state index in [0.29, 0.717) is 19.7 Å². The van der Waals surface area contributed by atoms with E-state index in [1.165, 1.54) is 6.42 Å². The second-order valence-electron chi connectivity index (χ2n) is 6.27. The van der Waals surface area contributed by atoms with Crippen molar-refractivity contribution in [2.75, 3.05) is 13.2 Å². The molecule has 3 rings (SSSR count). The Bertz CT molecular complexity index is 713. The van der Waals surface area contributed by atoms with Crippen molar-refractivity contribution in [1.29, 1.82) is 0 Å². The summed E-state index contributed by atoms with van der Waals surface area (Å²) in [7, 11) is 0. The first-order chi connectivity index (χ1) is 12.2. The van der Waals surface area contributed by atoms with Crippen LogP contribution in [0, 0.1) is 6.92 Å². The third-order valence-electron chi connectivity index (χ3n) is 4.24. The highest BCUT2D eigenvalue weighted by Crippen LogP contribution is 2.14. The standard InChI is InChI=1S/C18H25N5O2/c1-14-6-5-7-15(12-14)25-11-9-19-18(24)20-13-17-22-21-16-8-3-2-4-10-23(16)17/h5-7,12H,2-4,8-11,13H2,1H3,(H2,19,20,24). The van der Waals surface area contributed by atoms with Gasteiger partial charge in [0.15, 0.2) is 5.82 Å². The van der Waals surface area contributed by atoms with Crippen molar-refractivity contribution < 1.29 is 9.53 Å². The molecular formula is C18H25N5O2. The fourth-order valence-corrected chi connectivity index (χ4v) is 2.94. The number of carbonyl (C=O) groups is 1. The number of rotatable bonds is 6. The molecule has 1 aromatic carbocycles. The highest BCUT2D eigenvalue weighted by Gasteiger charge is 2.14. The summed E-state index contributed by atoms with van der Waals surface area (Å²) >= 11 is 0. The van der Waals surface area contributed by atoms with Crippen LogP contribution in [0.3, 0.4) is 0 Å². The molecule has 0 aliphatic carbocycles. The number of fused-ring (bicyclic) bond motifs is 1. The molecule has 0 unspecified atom stereocenters. The van der Waals surface area contributed by atoms with Crippen molar-refractivity contribution in [1.82, 2.24) is 25.4 Å². The number of carbonyl (C=O) groups excluding carboxylic acids is 1. The summed E-state index contributed by atoms with van der Waals surface area (Å²) < 4.78 is 7.74. The number of aryl methyl sites for hydroxylation is 2. The zero-order valence-electron chi connectivity index (χ0n) is 14.6. The van der Waals surface area contributed by atoms with Gasteiger partial charge in [-0.25, -0.2) is 4.79 Å². The summed E-state index contributed by atoms with van der Waals surface area (Å²) in [5.74, 6) is 2.66. The summed E-state index contributed by atoms with van der Waals surface area (Å²) in [5, 5.41) is 14.1. The van der Waals surface area contributed by atoms with E-state index in [0.717, 1.165) is 48.8 Å². The molecule has 2 heterocycles. The number of nitrogens with zero attached hydrogens (tertiary/aromatic N) is 3. The summed E-state index contributed by atoms with van der Waals surface area (Å²) in [6, 6.07) is 7.62. The van der Waals surface area contributed by atoms with E-state index in [4.69, 9.17) is 4.74 Å². The number of ether oxygens (including phenoxy) is 1. The molecule has 7 nitrogen and oxygen atoms in total. The van der Waals surface area contributed by atoms with Gasteiger partial charge in [0, 0.05) is 13.0 Å². The van der Waals surface area contributed by atoms with Crippen LogP contribution < -0.4 is 15.4 Å². The van der Waals surface area contributed by atoms with Gasteiger partial charge in [0.1, 0.15) is 18.2 Å². The van der Waals surface area contributed by atoms with E-state index in [9.17, 15) is 4.79 Å². The first-order valence-electron chi connectivity index (χ1n) is 8.84. The Morgan fingerprint density at radius 1 is 1.24 bits per heavy atom. The van der Waals surface area contributed by atoms with E-state index in [2.05, 4.69) is 25.4 Å². The van der Waals surface area contributed by atoms with Crippen LogP contribution in [0.5, 0.6) is 5.75 Å². The van der Waals surface area contributed by atoms with Crippen molar-refractivity contribution in [3.63, 3.8) is 0 Å². The third kappa shape index (κ3) is 4.95. The molecule has 2 aromatic rings. The van der Waals surface area contributed by atoms with Gasteiger partial charge in [-0.3, -0.25) is 0 Å². The maximum absolute atomic E-state index is 11.9. The van der Waals surface area contributed by atoms with Gasteiger partial charge < -0.3 is 19.9 Å². The Morgan fingerprint density at radius 2 is 2.16 bits per heavy atom. The molecule has 1 aliphatic rings. The van der Waals surface area contributed by atoms with Gasteiger partial charge in [0.05, 0.1) is 13.1 Å². The Labute approximate surface area is 147 Å². The lowest BCUT2D eigenvalue weighted by atomic mass is 10.2. The zero-order valence-corrected chi connectivity index (χ0v) is 14.6. The molecule has 0 atom stereocenters. The zero-order chi connectivity index (χ0) is 17.5. The van der Waals surface area contributed by atoms with E-state index in [1.807, 2.05) is 31.2 Å². The fraction of sp³-hybridized carbons (Fsp3) is 0.500. The molecule has 25 heavy (non-hydrogen) atoms. The van der Waals surface area contributed by atoms with Crippen LogP contribution in [-0.2, 0) is 19.5 Å². The van der Waals surface area contributed by atoms with Gasteiger partial charge in [-0.05, 0) is 37.5 Å². The first-order valence-corrected chi connectivity index (χ1v) is 8.84. The molecule has 0 saturated carbocycles. The fourth-order valence-electron chi connectivity index (χ4n) is 2.94. The molecule has 0 spiro atoms. The molecule has 2 N–H and O–H groups in total. The minimum absolute atomic E-state index is 0.223. The van der Waals surface area contributed by atoms with Gasteiger partial charge in [-0.1, -0.05) is 18.6 Å². The molecule has 0 bridgehead atoms. The predicted octanol–water partition coefficient (Wildman–Crippen LogP) is 2.19. The van der Waals surface area contributed by atoms with Crippen molar-refractivity contribution in [3.05, 3.63) is 41.5 Å². The molecule has 1 aromatic heterocycles. The third-order valence-corrected chi connectivity index (χ3v) is 4.24. The summed E-state index contributed by atoms with van der Waals surface area (Å²) in [6.45, 7) is 4.21. The lowest BCUT2D eigenvalue weighted by molar-refractivity contribution is 0.235. The Balaban J connectivity index is 1.38. The number of amides is 2. The van der Waals surface area contributed by atoms with E-state index in [1.54, 1.807) is 0 Å². The van der Waals surface area contributed by atoms with Crippen LogP contribution in [0.25, 0.3) is 0 Å². The molecule has 1 aliphatic heterocycles. The second kappa shape index (κ2) is 8.50. The van der Waals surface area contributed by atoms with Gasteiger partial charge >= 0.3 is 6.03 Å². The minimum atomic E-state index is -0.223. The van der Waals surface area contributed by atoms with Gasteiger partial charge in [0.2, 0.25) is 0 Å². The quantitative estimate of drug-likeness (QED) is 0.788. The average molecular weight is 343 g/mol. The highest BCUT2D eigenvalue weighted by molar-refractivity contribution is 5.73. The van der Waals surface area contributed by atoms with Crippen molar-refractivity contribution >= 4 is 6.03 Å². The van der Waals surface area contributed by atoms with Gasteiger partial charge in [-0.15, -0.1) is 10.2 Å². The number of hydrogen-bond donors (Lipinski definition) is 2. The van der Waals surface area contributed by atoms with Crippen LogP contribution in [0.15, 0.2) is 24.3 Å². The van der Waals surface area contributed by atoms with Crippen molar-refractivity contribution in [3.8, 4) is 5.75 Å². The molecule has 0 radical (unpaired) electrons. The normalized spacial score (nSPS) is 13.6. The molecule has 0 saturated heterocycles. The number of nitrogens with one attached hydrogen (secondary N) is 2. The smallest absolute Gasteiger partial charge is 0.315 e. The Hall–Kier alpha value is -2.57. The Kier molecular flexibility index (Phi) is 5.87. The van der Waals surface area contributed by atoms with Crippen LogP contribution in [0.4, 0.5) is 4.79 Å². The molecular weight excluding hydrogens is 318 g/mol. The lowest BCUT2D eigenvalue weighted by Crippen LogP contribution is -2.37. The number of urea groups is 1. The SMILES string of the molecule is Cc1cccc(OCCNC(=O)NCc2nnc3n2CCCCC3)c1. The van der Waals surface area contributed by atoms with E-state index >= 15 is 0 Å². The van der Waals surface area contributed by atoms with Gasteiger partial charge in [0.25, 0.3) is 0 Å². The molecule has 134 valence electrons. The number of aromatic nitrogens is 3. The van der Waals surface area contributed by atoms with Gasteiger partial charge in [-0.2, -0.15) is 0 Å². The molecule has 7 heteroatoms. The minimum Gasteiger partial charge on any atom is -0.492 e. The largest absolute Gasteiger partial charge is 0.492 e. The topological polar surface area (TPSA) is 81.1 Å². The van der Waals surface area contributed by atoms with Crippen molar-refractivity contribution in [2.45, 2.75) is 45.7 Å². The summed E-state index contributed by atoms with van der Waals surface area (Å²) in [5.41, 5.74) is 1.15. The average Bonchev–Trinajstić information content (AvgIpc) is 2.83. The van der Waals surface area contributed by atoms with Crippen LogP contribution >= 0.6 is 0 Å². The van der Waals surface area contributed by atoms with E-state index < -0.39 is 0 Å². The lowest BCUT2D eigenvalue weighted by Gasteiger charge is -2.10. The van der Waals surface area contributed by atoms with Crippen LogP contribution in [-0.4, -0.2) is 33.9 Å². The molecule has 2 amide bonds. The second-order valence-corrected chi connectivity index (χ2v) is 6.27. The maximum atomic E-state index is 11.9. The van der Waals surface area contributed by atoms with Crippen LogP contribution in [0.2, 0.25) is 0 Å².